The van der Waals surface area contributed by atoms with Gasteiger partial charge in [-0.05, 0) is 31.4 Å². The Morgan fingerprint density at radius 2 is 2.21 bits per heavy atom. The standard InChI is InChI=1S/C13H16N2O4/c1-8-5-6-14(12(8)13(16)17)10-3-4-11(15(18)19)9(2)7-10/h3-4,7-8,12H,5-6H2,1-2H3,(H,16,17). The molecule has 0 radical (unpaired) electrons. The third-order valence-electron chi connectivity index (χ3n) is 3.66. The van der Waals surface area contributed by atoms with Crippen molar-refractivity contribution in [1.82, 2.24) is 0 Å². The minimum absolute atomic E-state index is 0.0582. The van der Waals surface area contributed by atoms with Gasteiger partial charge in [-0.15, -0.1) is 0 Å². The van der Waals surface area contributed by atoms with Gasteiger partial charge < -0.3 is 10.0 Å². The summed E-state index contributed by atoms with van der Waals surface area (Å²) in [6.07, 6.45) is 0.813. The summed E-state index contributed by atoms with van der Waals surface area (Å²) >= 11 is 0. The lowest BCUT2D eigenvalue weighted by Gasteiger charge is -2.25. The van der Waals surface area contributed by atoms with E-state index in [0.717, 1.165) is 12.1 Å². The first-order chi connectivity index (χ1) is 8.91. The number of aliphatic carboxylic acids is 1. The average Bonchev–Trinajstić information content (AvgIpc) is 2.70. The summed E-state index contributed by atoms with van der Waals surface area (Å²) in [4.78, 5) is 23.5. The molecule has 1 fully saturated rings. The topological polar surface area (TPSA) is 83.7 Å². The predicted octanol–water partition coefficient (Wildman–Crippen LogP) is 2.20. The zero-order chi connectivity index (χ0) is 14.2. The van der Waals surface area contributed by atoms with E-state index < -0.39 is 16.9 Å². The minimum atomic E-state index is -0.846. The van der Waals surface area contributed by atoms with E-state index >= 15 is 0 Å². The van der Waals surface area contributed by atoms with Gasteiger partial charge in [-0.3, -0.25) is 10.1 Å². The van der Waals surface area contributed by atoms with E-state index in [1.54, 1.807) is 19.1 Å². The minimum Gasteiger partial charge on any atom is -0.480 e. The summed E-state index contributed by atoms with van der Waals surface area (Å²) in [6.45, 7) is 4.24. The SMILES string of the molecule is Cc1cc(N2CCC(C)C2C(=O)O)ccc1[N+](=O)[O-]. The number of aryl methyl sites for hydroxylation is 1. The summed E-state index contributed by atoms with van der Waals surface area (Å²) in [6, 6.07) is 4.19. The number of carboxylic acids is 1. The number of benzene rings is 1. The van der Waals surface area contributed by atoms with Crippen LogP contribution in [0.5, 0.6) is 0 Å². The molecule has 0 aromatic heterocycles. The van der Waals surface area contributed by atoms with Gasteiger partial charge in [0.2, 0.25) is 0 Å². The van der Waals surface area contributed by atoms with Crippen molar-refractivity contribution in [2.75, 3.05) is 11.4 Å². The van der Waals surface area contributed by atoms with Crippen LogP contribution in [0.15, 0.2) is 18.2 Å². The highest BCUT2D eigenvalue weighted by Gasteiger charge is 2.37. The zero-order valence-electron chi connectivity index (χ0n) is 10.9. The maximum absolute atomic E-state index is 11.3. The molecular weight excluding hydrogens is 248 g/mol. The Morgan fingerprint density at radius 1 is 1.53 bits per heavy atom. The molecule has 0 bridgehead atoms. The molecule has 1 heterocycles. The Bertz CT molecular complexity index is 529. The lowest BCUT2D eigenvalue weighted by molar-refractivity contribution is -0.385. The zero-order valence-corrected chi connectivity index (χ0v) is 10.9. The van der Waals surface area contributed by atoms with Gasteiger partial charge in [0, 0.05) is 23.9 Å². The number of hydrogen-bond donors (Lipinski definition) is 1. The molecule has 2 unspecified atom stereocenters. The van der Waals surface area contributed by atoms with Gasteiger partial charge in [-0.2, -0.15) is 0 Å². The van der Waals surface area contributed by atoms with Crippen molar-refractivity contribution >= 4 is 17.3 Å². The molecule has 1 aliphatic rings. The van der Waals surface area contributed by atoms with Crippen molar-refractivity contribution in [2.45, 2.75) is 26.3 Å². The number of nitrogens with zero attached hydrogens (tertiary/aromatic N) is 2. The van der Waals surface area contributed by atoms with E-state index in [2.05, 4.69) is 0 Å². The fourth-order valence-electron chi connectivity index (χ4n) is 2.64. The van der Waals surface area contributed by atoms with Gasteiger partial charge in [0.05, 0.1) is 4.92 Å². The highest BCUT2D eigenvalue weighted by molar-refractivity contribution is 5.79. The number of carbonyl (C=O) groups is 1. The highest BCUT2D eigenvalue weighted by Crippen LogP contribution is 2.32. The van der Waals surface area contributed by atoms with E-state index in [1.807, 2.05) is 11.8 Å². The van der Waals surface area contributed by atoms with Crippen LogP contribution in [-0.2, 0) is 4.79 Å². The van der Waals surface area contributed by atoms with Crippen LogP contribution in [0.1, 0.15) is 18.9 Å². The molecule has 102 valence electrons. The Hall–Kier alpha value is -2.11. The predicted molar refractivity (Wildman–Crippen MR) is 70.4 cm³/mol. The molecule has 1 N–H and O–H groups in total. The average molecular weight is 264 g/mol. The van der Waals surface area contributed by atoms with E-state index in [-0.39, 0.29) is 11.6 Å². The Balaban J connectivity index is 2.34. The van der Waals surface area contributed by atoms with Crippen LogP contribution in [0.4, 0.5) is 11.4 Å². The van der Waals surface area contributed by atoms with E-state index in [4.69, 9.17) is 0 Å². The fourth-order valence-corrected chi connectivity index (χ4v) is 2.64. The first-order valence-electron chi connectivity index (χ1n) is 6.16. The monoisotopic (exact) mass is 264 g/mol. The number of hydrogen-bond acceptors (Lipinski definition) is 4. The fraction of sp³-hybridized carbons (Fsp3) is 0.462. The van der Waals surface area contributed by atoms with Crippen molar-refractivity contribution in [1.29, 1.82) is 0 Å². The summed E-state index contributed by atoms with van der Waals surface area (Å²) in [7, 11) is 0. The van der Waals surface area contributed by atoms with Crippen molar-refractivity contribution in [3.8, 4) is 0 Å². The van der Waals surface area contributed by atoms with E-state index in [1.165, 1.54) is 6.07 Å². The lowest BCUT2D eigenvalue weighted by atomic mass is 10.0. The van der Waals surface area contributed by atoms with Crippen molar-refractivity contribution in [3.05, 3.63) is 33.9 Å². The third kappa shape index (κ3) is 2.38. The van der Waals surface area contributed by atoms with Crippen molar-refractivity contribution in [2.24, 2.45) is 5.92 Å². The molecule has 2 atom stereocenters. The normalized spacial score (nSPS) is 22.5. The van der Waals surface area contributed by atoms with Gasteiger partial charge >= 0.3 is 5.97 Å². The molecule has 1 aliphatic heterocycles. The number of anilines is 1. The van der Waals surface area contributed by atoms with Gasteiger partial charge in [-0.25, -0.2) is 4.79 Å². The molecule has 6 nitrogen and oxygen atoms in total. The van der Waals surface area contributed by atoms with Gasteiger partial charge in [0.25, 0.3) is 5.69 Å². The Labute approximate surface area is 110 Å². The Morgan fingerprint density at radius 3 is 2.74 bits per heavy atom. The number of rotatable bonds is 3. The van der Waals surface area contributed by atoms with Crippen LogP contribution in [0.2, 0.25) is 0 Å². The second-order valence-electron chi connectivity index (χ2n) is 4.97. The second kappa shape index (κ2) is 4.87. The van der Waals surface area contributed by atoms with Crippen LogP contribution in [0, 0.1) is 23.0 Å². The summed E-state index contributed by atoms with van der Waals surface area (Å²) in [5.41, 5.74) is 1.34. The lowest BCUT2D eigenvalue weighted by Crippen LogP contribution is -2.39. The summed E-state index contributed by atoms with van der Waals surface area (Å²) in [5.74, 6) is -0.769. The van der Waals surface area contributed by atoms with Crippen LogP contribution in [0.25, 0.3) is 0 Å². The second-order valence-corrected chi connectivity index (χ2v) is 4.97. The maximum Gasteiger partial charge on any atom is 0.326 e. The summed E-state index contributed by atoms with van der Waals surface area (Å²) in [5, 5.41) is 20.1. The molecule has 1 aromatic rings. The van der Waals surface area contributed by atoms with Gasteiger partial charge in [-0.1, -0.05) is 6.92 Å². The number of carboxylic acid groups (broad SMARTS) is 1. The number of nitro groups is 1. The highest BCUT2D eigenvalue weighted by atomic mass is 16.6. The molecule has 2 rings (SSSR count). The third-order valence-corrected chi connectivity index (χ3v) is 3.66. The Kier molecular flexibility index (Phi) is 3.42. The van der Waals surface area contributed by atoms with Crippen LogP contribution >= 0.6 is 0 Å². The first kappa shape index (κ1) is 13.3. The van der Waals surface area contributed by atoms with Crippen molar-refractivity contribution in [3.63, 3.8) is 0 Å². The molecule has 0 spiro atoms. The van der Waals surface area contributed by atoms with Crippen molar-refractivity contribution < 1.29 is 14.8 Å². The molecule has 0 aliphatic carbocycles. The van der Waals surface area contributed by atoms with Crippen LogP contribution in [0.3, 0.4) is 0 Å². The van der Waals surface area contributed by atoms with Gasteiger partial charge in [0.15, 0.2) is 0 Å². The van der Waals surface area contributed by atoms with Crippen LogP contribution < -0.4 is 4.90 Å². The quantitative estimate of drug-likeness (QED) is 0.668. The molecule has 0 saturated carbocycles. The smallest absolute Gasteiger partial charge is 0.326 e. The summed E-state index contributed by atoms with van der Waals surface area (Å²) < 4.78 is 0. The number of nitro benzene ring substituents is 1. The molecule has 19 heavy (non-hydrogen) atoms. The largest absolute Gasteiger partial charge is 0.480 e. The molecule has 1 aromatic carbocycles. The maximum atomic E-state index is 11.3. The first-order valence-corrected chi connectivity index (χ1v) is 6.16. The van der Waals surface area contributed by atoms with Gasteiger partial charge in [0.1, 0.15) is 6.04 Å². The molecular formula is C13H16N2O4. The molecule has 1 saturated heterocycles. The van der Waals surface area contributed by atoms with E-state index in [9.17, 15) is 20.0 Å². The molecule has 0 amide bonds. The van der Waals surface area contributed by atoms with Crippen LogP contribution in [-0.4, -0.2) is 28.6 Å². The molecule has 6 heteroatoms. The van der Waals surface area contributed by atoms with E-state index in [0.29, 0.717) is 12.1 Å².